The molecular weight excluding hydrogens is 526 g/mol. The summed E-state index contributed by atoms with van der Waals surface area (Å²) in [5.41, 5.74) is 2.81. The minimum atomic E-state index is 0.642. The molecule has 0 atom stereocenters. The van der Waals surface area contributed by atoms with Crippen molar-refractivity contribution in [1.82, 2.24) is 15.1 Å². The van der Waals surface area contributed by atoms with E-state index < -0.39 is 0 Å². The van der Waals surface area contributed by atoms with E-state index in [1.54, 1.807) is 0 Å². The highest BCUT2D eigenvalue weighted by molar-refractivity contribution is 7.97. The normalized spacial score (nSPS) is 13.0. The van der Waals surface area contributed by atoms with Gasteiger partial charge in [-0.15, -0.1) is 0 Å². The highest BCUT2D eigenvalue weighted by Gasteiger charge is 2.09. The zero-order valence-corrected chi connectivity index (χ0v) is 28.2. The highest BCUT2D eigenvalue weighted by Crippen LogP contribution is 2.11. The van der Waals surface area contributed by atoms with Crippen LogP contribution in [0.1, 0.15) is 98.8 Å². The zero-order valence-electron chi connectivity index (χ0n) is 27.4. The third-order valence-electron chi connectivity index (χ3n) is 6.92. The third-order valence-corrected chi connectivity index (χ3v) is 7.42. The van der Waals surface area contributed by atoms with Crippen molar-refractivity contribution in [3.63, 3.8) is 0 Å². The number of hydrogen-bond acceptors (Lipinski definition) is 6. The molecular formula is C34H63N5OS. The Morgan fingerprint density at radius 2 is 1.83 bits per heavy atom. The zero-order chi connectivity index (χ0) is 30.6. The Labute approximate surface area is 258 Å². The molecule has 0 amide bonds. The van der Waals surface area contributed by atoms with E-state index in [4.69, 9.17) is 14.9 Å². The van der Waals surface area contributed by atoms with Gasteiger partial charge in [-0.25, -0.2) is 4.99 Å². The lowest BCUT2D eigenvalue weighted by Gasteiger charge is -2.25. The van der Waals surface area contributed by atoms with Crippen LogP contribution in [-0.4, -0.2) is 67.8 Å². The lowest BCUT2D eigenvalue weighted by molar-refractivity contribution is 0.131. The van der Waals surface area contributed by atoms with Crippen molar-refractivity contribution in [2.24, 2.45) is 10.1 Å². The number of hydrogen-bond donors (Lipinski definition) is 2. The molecule has 0 heterocycles. The van der Waals surface area contributed by atoms with Gasteiger partial charge in [0.1, 0.15) is 5.84 Å². The standard InChI is InChI=1S/C34H63N5OS/c1-8-13-17-27-39(12-5)34(37-24-10-3)29-36-25-23-32(11-4)21-15-14-18-26-38(7)31(6)40-28-19-16-22-33(20-9-2)30-41-35/h10,16,20-22,24,36H,6,8-9,11-15,17-19,23,25-30,35H2,1-5,7H3/b22-16-,24-10-,32-21+,33-20+,37-34?. The number of unbranched alkanes of at least 4 members (excludes halogenated alkanes) is 4. The molecule has 0 aromatic heterocycles. The molecule has 0 spiro atoms. The molecule has 0 unspecified atom stereocenters. The second-order valence-electron chi connectivity index (χ2n) is 10.3. The smallest absolute Gasteiger partial charge is 0.181 e. The molecule has 0 aromatic rings. The highest BCUT2D eigenvalue weighted by atomic mass is 32.2. The number of aliphatic imine (C=N–C) groups is 1. The average molecular weight is 590 g/mol. The van der Waals surface area contributed by atoms with Crippen LogP contribution >= 0.6 is 11.9 Å². The molecule has 0 rings (SSSR count). The molecule has 236 valence electrons. The van der Waals surface area contributed by atoms with Crippen LogP contribution in [0.25, 0.3) is 0 Å². The average Bonchev–Trinajstić information content (AvgIpc) is 2.97. The molecule has 0 aliphatic heterocycles. The largest absolute Gasteiger partial charge is 0.479 e. The second-order valence-corrected chi connectivity index (χ2v) is 10.9. The van der Waals surface area contributed by atoms with Crippen LogP contribution in [0.2, 0.25) is 0 Å². The first-order valence-electron chi connectivity index (χ1n) is 16.0. The fourth-order valence-electron chi connectivity index (χ4n) is 4.34. The molecule has 0 fully saturated rings. The van der Waals surface area contributed by atoms with Gasteiger partial charge >= 0.3 is 0 Å². The van der Waals surface area contributed by atoms with Crippen molar-refractivity contribution in [3.8, 4) is 0 Å². The number of amidine groups is 1. The molecule has 0 radical (unpaired) electrons. The first kappa shape index (κ1) is 39.0. The second kappa shape index (κ2) is 28.2. The van der Waals surface area contributed by atoms with Crippen LogP contribution in [0.4, 0.5) is 0 Å². The molecule has 0 saturated heterocycles. The number of likely N-dealkylation sites (N-methyl/N-ethyl adjacent to an activating group) is 1. The first-order chi connectivity index (χ1) is 20.0. The fourth-order valence-corrected chi connectivity index (χ4v) is 4.75. The minimum absolute atomic E-state index is 0.642. The van der Waals surface area contributed by atoms with Crippen LogP contribution in [-0.2, 0) is 4.74 Å². The Morgan fingerprint density at radius 3 is 2.49 bits per heavy atom. The Hall–Kier alpha value is -1.96. The minimum Gasteiger partial charge on any atom is -0.479 e. The molecule has 41 heavy (non-hydrogen) atoms. The van der Waals surface area contributed by atoms with Gasteiger partial charge in [-0.1, -0.05) is 81.5 Å². The number of nitrogens with one attached hydrogen (secondary N) is 1. The van der Waals surface area contributed by atoms with Gasteiger partial charge in [0.05, 0.1) is 13.2 Å². The van der Waals surface area contributed by atoms with Crippen molar-refractivity contribution in [2.75, 3.05) is 52.1 Å². The van der Waals surface area contributed by atoms with Gasteiger partial charge in [0, 0.05) is 38.6 Å². The van der Waals surface area contributed by atoms with Gasteiger partial charge in [-0.2, -0.15) is 0 Å². The number of ether oxygens (including phenoxy) is 1. The molecule has 0 aliphatic rings. The predicted octanol–water partition coefficient (Wildman–Crippen LogP) is 8.23. The molecule has 0 aromatic carbocycles. The summed E-state index contributed by atoms with van der Waals surface area (Å²) >= 11 is 1.36. The third kappa shape index (κ3) is 21.4. The fraction of sp³-hybridized carbons (Fsp3) is 0.676. The van der Waals surface area contributed by atoms with Gasteiger partial charge in [0.25, 0.3) is 0 Å². The maximum absolute atomic E-state index is 5.85. The van der Waals surface area contributed by atoms with Gasteiger partial charge in [0.15, 0.2) is 5.88 Å². The van der Waals surface area contributed by atoms with Crippen molar-refractivity contribution >= 4 is 17.8 Å². The van der Waals surface area contributed by atoms with Crippen LogP contribution in [0, 0.1) is 0 Å². The maximum atomic E-state index is 5.85. The summed E-state index contributed by atoms with van der Waals surface area (Å²) in [4.78, 5) is 9.26. The number of rotatable bonds is 26. The molecule has 7 heteroatoms. The number of nitrogens with zero attached hydrogens (tertiary/aromatic N) is 3. The first-order valence-corrected chi connectivity index (χ1v) is 17.0. The van der Waals surface area contributed by atoms with Gasteiger partial charge in [0.2, 0.25) is 0 Å². The van der Waals surface area contributed by atoms with E-state index in [0.717, 1.165) is 88.7 Å². The monoisotopic (exact) mass is 589 g/mol. The van der Waals surface area contributed by atoms with Crippen LogP contribution in [0.15, 0.2) is 65.2 Å². The van der Waals surface area contributed by atoms with E-state index in [1.165, 1.54) is 48.8 Å². The van der Waals surface area contributed by atoms with Crippen LogP contribution in [0.5, 0.6) is 0 Å². The summed E-state index contributed by atoms with van der Waals surface area (Å²) < 4.78 is 5.85. The summed E-state index contributed by atoms with van der Waals surface area (Å²) in [5.74, 6) is 2.74. The molecule has 0 saturated carbocycles. The SMILES string of the molecule is C=C(OCC/C=C\C(=C/CC)CSN)N(C)CCCC/C=C(\CC)CCNCC(=N/C=C\C)N(CC)CCCCC. The Morgan fingerprint density at radius 1 is 1.05 bits per heavy atom. The molecule has 6 nitrogen and oxygen atoms in total. The van der Waals surface area contributed by atoms with E-state index in [9.17, 15) is 0 Å². The van der Waals surface area contributed by atoms with Gasteiger partial charge < -0.3 is 19.9 Å². The lowest BCUT2D eigenvalue weighted by atomic mass is 10.1. The number of allylic oxidation sites excluding steroid dienone is 4. The lowest BCUT2D eigenvalue weighted by Crippen LogP contribution is -2.39. The predicted molar refractivity (Wildman–Crippen MR) is 185 cm³/mol. The molecule has 3 N–H and O–H groups in total. The Balaban J connectivity index is 4.33. The Bertz CT molecular complexity index is 803. The van der Waals surface area contributed by atoms with Crippen molar-refractivity contribution < 1.29 is 4.74 Å². The quantitative estimate of drug-likeness (QED) is 0.0202. The maximum Gasteiger partial charge on any atom is 0.181 e. The Kier molecular flexibility index (Phi) is 26.8. The van der Waals surface area contributed by atoms with Crippen molar-refractivity contribution in [2.45, 2.75) is 98.8 Å². The van der Waals surface area contributed by atoms with Crippen LogP contribution < -0.4 is 10.5 Å². The van der Waals surface area contributed by atoms with Crippen LogP contribution in [0.3, 0.4) is 0 Å². The summed E-state index contributed by atoms with van der Waals surface area (Å²) in [5, 5.41) is 9.25. The van der Waals surface area contributed by atoms with E-state index in [1.807, 2.05) is 19.2 Å². The summed E-state index contributed by atoms with van der Waals surface area (Å²) in [6.07, 6.45) is 24.1. The summed E-state index contributed by atoms with van der Waals surface area (Å²) in [6, 6.07) is 0. The van der Waals surface area contributed by atoms with Crippen molar-refractivity contribution in [1.29, 1.82) is 0 Å². The van der Waals surface area contributed by atoms with E-state index in [0.29, 0.717) is 6.61 Å². The molecule has 0 bridgehead atoms. The molecule has 0 aliphatic carbocycles. The van der Waals surface area contributed by atoms with Gasteiger partial charge in [-0.3, -0.25) is 5.14 Å². The number of nitrogens with two attached hydrogens (primary N) is 1. The van der Waals surface area contributed by atoms with E-state index >= 15 is 0 Å². The van der Waals surface area contributed by atoms with Crippen molar-refractivity contribution in [3.05, 3.63) is 60.2 Å². The van der Waals surface area contributed by atoms with E-state index in [-0.39, 0.29) is 0 Å². The van der Waals surface area contributed by atoms with E-state index in [2.05, 4.69) is 80.7 Å². The topological polar surface area (TPSA) is 66.1 Å². The summed E-state index contributed by atoms with van der Waals surface area (Å²) in [7, 11) is 2.06. The van der Waals surface area contributed by atoms with Gasteiger partial charge in [-0.05, 0) is 83.9 Å². The summed E-state index contributed by atoms with van der Waals surface area (Å²) in [6.45, 7) is 20.5.